The summed E-state index contributed by atoms with van der Waals surface area (Å²) >= 11 is 1.59. The Hall–Kier alpha value is -2.60. The summed E-state index contributed by atoms with van der Waals surface area (Å²) in [4.78, 5) is 9.06. The minimum absolute atomic E-state index is 0.597. The van der Waals surface area contributed by atoms with E-state index in [1.807, 2.05) is 17.6 Å². The predicted molar refractivity (Wildman–Crippen MR) is 94.5 cm³/mol. The fraction of sp³-hybridized carbons (Fsp3) is 0.158. The van der Waals surface area contributed by atoms with Crippen LogP contribution in [0.1, 0.15) is 12.2 Å². The van der Waals surface area contributed by atoms with E-state index in [4.69, 9.17) is 4.98 Å². The Kier molecular flexibility index (Phi) is 3.21. The van der Waals surface area contributed by atoms with Gasteiger partial charge in [0.05, 0.1) is 27.1 Å². The summed E-state index contributed by atoms with van der Waals surface area (Å²) < 4.78 is 30.4. The van der Waals surface area contributed by atoms with Gasteiger partial charge in [-0.25, -0.2) is 18.7 Å². The van der Waals surface area contributed by atoms with Gasteiger partial charge in [0.1, 0.15) is 5.82 Å². The van der Waals surface area contributed by atoms with Crippen molar-refractivity contribution in [1.82, 2.24) is 14.5 Å². The molecular weight excluding hydrogens is 340 g/mol. The van der Waals surface area contributed by atoms with Crippen LogP contribution < -0.4 is 0 Å². The Bertz CT molecular complexity index is 1110. The van der Waals surface area contributed by atoms with Crippen molar-refractivity contribution in [2.75, 3.05) is 0 Å². The van der Waals surface area contributed by atoms with Gasteiger partial charge in [0.15, 0.2) is 11.6 Å². The first-order chi connectivity index (χ1) is 12.2. The van der Waals surface area contributed by atoms with Crippen molar-refractivity contribution in [3.05, 3.63) is 59.4 Å². The van der Waals surface area contributed by atoms with Gasteiger partial charge in [-0.2, -0.15) is 0 Å². The van der Waals surface area contributed by atoms with Gasteiger partial charge in [-0.05, 0) is 36.8 Å². The Labute approximate surface area is 146 Å². The molecule has 0 saturated heterocycles. The van der Waals surface area contributed by atoms with E-state index in [1.54, 1.807) is 17.4 Å². The lowest BCUT2D eigenvalue weighted by Gasteiger charge is -2.09. The van der Waals surface area contributed by atoms with E-state index in [0.29, 0.717) is 11.3 Å². The summed E-state index contributed by atoms with van der Waals surface area (Å²) in [6.45, 7) is 0.891. The molecule has 0 amide bonds. The molecule has 5 rings (SSSR count). The van der Waals surface area contributed by atoms with Crippen LogP contribution >= 0.6 is 11.3 Å². The van der Waals surface area contributed by atoms with Crippen LogP contribution in [0.15, 0.2) is 41.9 Å². The third kappa shape index (κ3) is 2.28. The monoisotopic (exact) mass is 353 g/mol. The first-order valence-electron chi connectivity index (χ1n) is 8.09. The molecule has 0 N–H and O–H groups in total. The zero-order chi connectivity index (χ0) is 17.0. The molecule has 0 saturated carbocycles. The number of hydrogen-bond acceptors (Lipinski definition) is 3. The second kappa shape index (κ2) is 5.46. The fourth-order valence-electron chi connectivity index (χ4n) is 3.47. The van der Waals surface area contributed by atoms with E-state index in [1.165, 1.54) is 6.07 Å². The van der Waals surface area contributed by atoms with Crippen molar-refractivity contribution < 1.29 is 8.78 Å². The van der Waals surface area contributed by atoms with Crippen molar-refractivity contribution >= 4 is 21.6 Å². The van der Waals surface area contributed by atoms with Gasteiger partial charge in [-0.15, -0.1) is 11.3 Å². The lowest BCUT2D eigenvalue weighted by atomic mass is 10.0. The highest BCUT2D eigenvalue weighted by molar-refractivity contribution is 7.16. The van der Waals surface area contributed by atoms with Gasteiger partial charge in [0.25, 0.3) is 0 Å². The van der Waals surface area contributed by atoms with Crippen LogP contribution in [-0.4, -0.2) is 14.5 Å². The molecule has 124 valence electrons. The van der Waals surface area contributed by atoms with Gasteiger partial charge in [-0.3, -0.25) is 0 Å². The number of benzene rings is 2. The largest absolute Gasteiger partial charge is 0.327 e. The molecule has 25 heavy (non-hydrogen) atoms. The lowest BCUT2D eigenvalue weighted by Crippen LogP contribution is -1.96. The molecule has 2 aromatic carbocycles. The maximum Gasteiger partial charge on any atom is 0.159 e. The Balaban J connectivity index is 1.76. The standard InChI is InChI=1S/C19H13F2N3S/c20-13-5-3-11(8-14(13)21)18-19(24-7-1-2-17(24)23-18)12-4-6-15-16(9-12)25-10-22-15/h3-6,8-10H,1-2,7H2. The number of rotatable bonds is 2. The second-order valence-electron chi connectivity index (χ2n) is 6.14. The number of fused-ring (bicyclic) bond motifs is 2. The minimum Gasteiger partial charge on any atom is -0.327 e. The average molecular weight is 353 g/mol. The van der Waals surface area contributed by atoms with E-state index in [0.717, 1.165) is 52.8 Å². The van der Waals surface area contributed by atoms with Gasteiger partial charge >= 0.3 is 0 Å². The topological polar surface area (TPSA) is 30.7 Å². The number of nitrogens with zero attached hydrogens (tertiary/aromatic N) is 3. The second-order valence-corrected chi connectivity index (χ2v) is 7.03. The van der Waals surface area contributed by atoms with Gasteiger partial charge < -0.3 is 4.57 Å². The lowest BCUT2D eigenvalue weighted by molar-refractivity contribution is 0.509. The van der Waals surface area contributed by atoms with E-state index in [2.05, 4.69) is 15.6 Å². The SMILES string of the molecule is Fc1ccc(-c2nc3n(c2-c2ccc4ncsc4c2)CCC3)cc1F. The Morgan fingerprint density at radius 1 is 1.00 bits per heavy atom. The molecule has 0 radical (unpaired) electrons. The molecule has 1 aliphatic rings. The van der Waals surface area contributed by atoms with Crippen molar-refractivity contribution in [3.63, 3.8) is 0 Å². The van der Waals surface area contributed by atoms with Crippen molar-refractivity contribution in [1.29, 1.82) is 0 Å². The van der Waals surface area contributed by atoms with Crippen molar-refractivity contribution in [3.8, 4) is 22.5 Å². The van der Waals surface area contributed by atoms with Crippen LogP contribution in [0, 0.1) is 11.6 Å². The third-order valence-corrected chi connectivity index (χ3v) is 5.42. The van der Waals surface area contributed by atoms with E-state index < -0.39 is 11.6 Å². The summed E-state index contributed by atoms with van der Waals surface area (Å²) in [5.74, 6) is -0.697. The smallest absolute Gasteiger partial charge is 0.159 e. The number of hydrogen-bond donors (Lipinski definition) is 0. The number of halogens is 2. The molecule has 0 atom stereocenters. The van der Waals surface area contributed by atoms with Crippen LogP contribution in [0.2, 0.25) is 0 Å². The van der Waals surface area contributed by atoms with E-state index >= 15 is 0 Å². The maximum absolute atomic E-state index is 13.8. The first kappa shape index (κ1) is 14.7. The van der Waals surface area contributed by atoms with Crippen LogP contribution in [-0.2, 0) is 13.0 Å². The van der Waals surface area contributed by atoms with E-state index in [9.17, 15) is 8.78 Å². The highest BCUT2D eigenvalue weighted by Crippen LogP contribution is 2.37. The number of thiazole rings is 1. The molecular formula is C19H13F2N3S. The van der Waals surface area contributed by atoms with Gasteiger partial charge in [0, 0.05) is 24.1 Å². The summed E-state index contributed by atoms with van der Waals surface area (Å²) in [6, 6.07) is 10.1. The zero-order valence-corrected chi connectivity index (χ0v) is 14.0. The van der Waals surface area contributed by atoms with Gasteiger partial charge in [-0.1, -0.05) is 6.07 Å². The van der Waals surface area contributed by atoms with E-state index in [-0.39, 0.29) is 0 Å². The van der Waals surface area contributed by atoms with Crippen LogP contribution in [0.3, 0.4) is 0 Å². The normalized spacial score (nSPS) is 13.5. The predicted octanol–water partition coefficient (Wildman–Crippen LogP) is 5.05. The molecule has 4 aromatic rings. The molecule has 0 aliphatic carbocycles. The highest BCUT2D eigenvalue weighted by Gasteiger charge is 2.24. The Morgan fingerprint density at radius 2 is 1.88 bits per heavy atom. The molecule has 0 unspecified atom stereocenters. The van der Waals surface area contributed by atoms with Crippen LogP contribution in [0.5, 0.6) is 0 Å². The average Bonchev–Trinajstić information content (AvgIpc) is 3.31. The molecule has 0 fully saturated rings. The highest BCUT2D eigenvalue weighted by atomic mass is 32.1. The van der Waals surface area contributed by atoms with Crippen LogP contribution in [0.4, 0.5) is 8.78 Å². The molecule has 6 heteroatoms. The van der Waals surface area contributed by atoms with Crippen molar-refractivity contribution in [2.45, 2.75) is 19.4 Å². The van der Waals surface area contributed by atoms with Crippen molar-refractivity contribution in [2.24, 2.45) is 0 Å². The number of imidazole rings is 1. The quantitative estimate of drug-likeness (QED) is 0.505. The first-order valence-corrected chi connectivity index (χ1v) is 8.97. The summed E-state index contributed by atoms with van der Waals surface area (Å²) in [5, 5.41) is 0. The molecule has 3 heterocycles. The maximum atomic E-state index is 13.8. The van der Waals surface area contributed by atoms with Crippen LogP contribution in [0.25, 0.3) is 32.7 Å². The fourth-order valence-corrected chi connectivity index (χ4v) is 4.18. The summed E-state index contributed by atoms with van der Waals surface area (Å²) in [6.07, 6.45) is 1.95. The molecule has 0 spiro atoms. The molecule has 0 bridgehead atoms. The zero-order valence-electron chi connectivity index (χ0n) is 13.2. The molecule has 3 nitrogen and oxygen atoms in total. The third-order valence-electron chi connectivity index (χ3n) is 4.63. The van der Waals surface area contributed by atoms with Gasteiger partial charge in [0.2, 0.25) is 0 Å². The summed E-state index contributed by atoms with van der Waals surface area (Å²) in [5.41, 5.74) is 6.08. The Morgan fingerprint density at radius 3 is 2.76 bits per heavy atom. The molecule has 2 aromatic heterocycles. The number of aryl methyl sites for hydroxylation is 1. The molecule has 1 aliphatic heterocycles. The minimum atomic E-state index is -0.852. The number of aromatic nitrogens is 3. The summed E-state index contributed by atoms with van der Waals surface area (Å²) in [7, 11) is 0.